The molecule has 1 saturated heterocycles. The molecule has 1 amide bonds. The first kappa shape index (κ1) is 24.5. The number of furan rings is 1. The second-order valence-corrected chi connectivity index (χ2v) is 20.9. The number of hydrogen-bond donors (Lipinski definition) is 1. The molecule has 1 fully saturated rings. The van der Waals surface area contributed by atoms with Gasteiger partial charge in [-0.15, -0.1) is 0 Å². The molecule has 2 aromatic heterocycles. The Morgan fingerprint density at radius 2 is 2.21 bits per heavy atom. The van der Waals surface area contributed by atoms with Gasteiger partial charge in [0.25, 0.3) is 0 Å². The summed E-state index contributed by atoms with van der Waals surface area (Å²) >= 11 is 9.12. The van der Waals surface area contributed by atoms with Crippen LogP contribution in [0.15, 0.2) is 61.2 Å². The first-order valence-corrected chi connectivity index (χ1v) is 16.7. The van der Waals surface area contributed by atoms with Gasteiger partial charge in [0.1, 0.15) is 0 Å². The number of amides is 1. The van der Waals surface area contributed by atoms with E-state index in [0.717, 1.165) is 14.8 Å². The number of halogens is 4. The zero-order valence-corrected chi connectivity index (χ0v) is 27.3. The molecule has 3 aliphatic heterocycles. The Morgan fingerprint density at radius 3 is 2.82 bits per heavy atom. The van der Waals surface area contributed by atoms with Crippen molar-refractivity contribution in [3.63, 3.8) is 0 Å². The minimum atomic E-state index is -1.46. The maximum absolute atomic E-state index is 15.3. The van der Waals surface area contributed by atoms with Crippen molar-refractivity contribution < 1.29 is 18.7 Å². The zero-order valence-electron chi connectivity index (χ0n) is 17.0. The molecule has 0 saturated carbocycles. The van der Waals surface area contributed by atoms with E-state index in [1.807, 2.05) is 46.3 Å². The van der Waals surface area contributed by atoms with Gasteiger partial charge in [-0.25, -0.2) is 0 Å². The molecule has 170 valence electrons. The topological polar surface area (TPSA) is 69.8 Å². The second-order valence-electron chi connectivity index (χ2n) is 7.80. The molecule has 0 aromatic carbocycles. The van der Waals surface area contributed by atoms with Crippen molar-refractivity contribution in [2.75, 3.05) is 13.1 Å². The summed E-state index contributed by atoms with van der Waals surface area (Å²) in [7, 11) is 0. The minimum absolute atomic E-state index is 0.0561. The van der Waals surface area contributed by atoms with Gasteiger partial charge in [-0.05, 0) is 0 Å². The number of thiazole rings is 1. The molecule has 0 aliphatic carbocycles. The van der Waals surface area contributed by atoms with E-state index in [4.69, 9.17) is 16.0 Å². The predicted octanol–water partition coefficient (Wildman–Crippen LogP) is 4.58. The van der Waals surface area contributed by atoms with Crippen molar-refractivity contribution in [3.05, 3.63) is 67.3 Å². The summed E-state index contributed by atoms with van der Waals surface area (Å²) in [5.41, 5.74) is 1.22. The van der Waals surface area contributed by atoms with Crippen LogP contribution in [0.2, 0.25) is 0 Å². The molecule has 6 nitrogen and oxygen atoms in total. The van der Waals surface area contributed by atoms with E-state index in [9.17, 15) is 9.90 Å². The molecule has 0 radical (unpaired) electrons. The average Bonchev–Trinajstić information content (AvgIpc) is 3.54. The molecule has 1 unspecified atom stereocenters. The van der Waals surface area contributed by atoms with Crippen LogP contribution >= 0.6 is 66.3 Å². The summed E-state index contributed by atoms with van der Waals surface area (Å²) < 4.78 is 20.4. The number of aromatic nitrogens is 1. The van der Waals surface area contributed by atoms with E-state index in [1.54, 1.807) is 28.5 Å². The number of likely N-dealkylation sites (tertiary alicyclic amines) is 1. The normalized spacial score (nSPS) is 22.1. The molecule has 1 N–H and O–H groups in total. The first-order valence-electron chi connectivity index (χ1n) is 9.93. The Hall–Kier alpha value is -0.168. The third kappa shape index (κ3) is 4.68. The number of allylic oxidation sites excluding steroid dienone is 2. The molecule has 1 atom stereocenters. The summed E-state index contributed by atoms with van der Waals surface area (Å²) in [6.45, 7) is 0.837. The van der Waals surface area contributed by atoms with Gasteiger partial charge in [-0.3, -0.25) is 0 Å². The van der Waals surface area contributed by atoms with Crippen molar-refractivity contribution in [2.24, 2.45) is 0 Å². The van der Waals surface area contributed by atoms with Gasteiger partial charge >= 0.3 is 229 Å². The fourth-order valence-corrected chi connectivity index (χ4v) is 11.2. The fourth-order valence-electron chi connectivity index (χ4n) is 3.89. The quantitative estimate of drug-likeness (QED) is 0.211. The van der Waals surface area contributed by atoms with E-state index in [1.165, 1.54) is 11.3 Å². The van der Waals surface area contributed by atoms with Gasteiger partial charge in [-0.2, -0.15) is 0 Å². The Kier molecular flexibility index (Phi) is 6.96. The Morgan fingerprint density at radius 1 is 1.45 bits per heavy atom. The third-order valence-corrected chi connectivity index (χ3v) is 12.3. The molecule has 0 bridgehead atoms. The van der Waals surface area contributed by atoms with Gasteiger partial charge < -0.3 is 0 Å². The van der Waals surface area contributed by atoms with Crippen molar-refractivity contribution in [2.45, 2.75) is 19.7 Å². The van der Waals surface area contributed by atoms with E-state index in [0.29, 0.717) is 45.2 Å². The predicted molar refractivity (Wildman–Crippen MR) is 144 cm³/mol. The van der Waals surface area contributed by atoms with Crippen LogP contribution in [0.25, 0.3) is 5.57 Å². The summed E-state index contributed by atoms with van der Waals surface area (Å²) in [6, 6.07) is 1.82. The number of rotatable bonds is 4. The van der Waals surface area contributed by atoms with Gasteiger partial charge in [-0.1, -0.05) is 0 Å². The van der Waals surface area contributed by atoms with Gasteiger partial charge in [0.2, 0.25) is 0 Å². The van der Waals surface area contributed by atoms with Gasteiger partial charge in [0.05, 0.1) is 0 Å². The van der Waals surface area contributed by atoms with Crippen molar-refractivity contribution in [1.29, 1.82) is 0 Å². The van der Waals surface area contributed by atoms with Crippen LogP contribution in [0, 0.1) is 0 Å². The molecule has 0 spiro atoms. The summed E-state index contributed by atoms with van der Waals surface area (Å²) in [6.07, 6.45) is 9.43. The molecular formula is C21H16ClFI2N3O3STl. The number of alkyl halides is 2. The first-order chi connectivity index (χ1) is 15.7. The number of fused-ring (bicyclic) bond motifs is 1. The van der Waals surface area contributed by atoms with E-state index in [2.05, 4.69) is 4.98 Å². The van der Waals surface area contributed by atoms with E-state index < -0.39 is 27.6 Å². The Labute approximate surface area is 238 Å². The van der Waals surface area contributed by atoms with Gasteiger partial charge in [0, 0.05) is 11.6 Å². The number of hydrogen-bond acceptors (Lipinski definition) is 6. The van der Waals surface area contributed by atoms with Crippen LogP contribution in [-0.4, -0.2) is 69.5 Å². The average molecular weight is 903 g/mol. The van der Waals surface area contributed by atoms with Crippen molar-refractivity contribution in [3.8, 4) is 0 Å². The molecule has 2 aromatic rings. The van der Waals surface area contributed by atoms with Gasteiger partial charge in [0.15, 0.2) is 0 Å². The fraction of sp³-hybridized carbons (Fsp3) is 0.286. The third-order valence-electron chi connectivity index (χ3n) is 5.69. The summed E-state index contributed by atoms with van der Waals surface area (Å²) in [5.74, 6) is -0.123. The van der Waals surface area contributed by atoms with Crippen LogP contribution in [0.1, 0.15) is 23.4 Å². The number of carbonyl (C=O) groups is 1. The van der Waals surface area contributed by atoms with Crippen LogP contribution in [0.3, 0.4) is 0 Å². The molecular weight excluding hydrogens is 887 g/mol. The summed E-state index contributed by atoms with van der Waals surface area (Å²) in [5, 5.41) is 13.8. The molecule has 3 aliphatic rings. The Balaban J connectivity index is 1.42. The second kappa shape index (κ2) is 9.37. The Bertz CT molecular complexity index is 1210. The SMILES string of the molecule is O=C(C1=C(Cl)N2C=C(c3ccoc3)C=C([C](F)(I)[Tl])C2=I1)N1CCC(O)(c2nccs2)CC1. The number of aliphatic hydroxyl groups is 1. The number of carbonyl (C=O) groups excluding carboxylic acids is 1. The van der Waals surface area contributed by atoms with E-state index >= 15 is 4.39 Å². The molecule has 5 rings (SSSR count). The van der Waals surface area contributed by atoms with Crippen molar-refractivity contribution in [1.82, 2.24) is 14.8 Å². The van der Waals surface area contributed by atoms with Crippen LogP contribution in [-0.2, 0) is 10.4 Å². The van der Waals surface area contributed by atoms with Crippen molar-refractivity contribution >= 4 is 107 Å². The maximum atomic E-state index is 15.3. The number of piperidine rings is 1. The zero-order chi connectivity index (χ0) is 23.4. The van der Waals surface area contributed by atoms with Crippen LogP contribution in [0.4, 0.5) is 4.39 Å². The van der Waals surface area contributed by atoms with E-state index in [-0.39, 0.29) is 31.7 Å². The number of nitrogens with zero attached hydrogens (tertiary/aromatic N) is 3. The molecule has 12 heteroatoms. The molecule has 33 heavy (non-hydrogen) atoms. The van der Waals surface area contributed by atoms with Crippen LogP contribution < -0.4 is 0 Å². The summed E-state index contributed by atoms with van der Waals surface area (Å²) in [4.78, 5) is 21.2. The monoisotopic (exact) mass is 903 g/mol. The standard InChI is InChI=1S/C21H16ClFI2N3O3S.Tl/c22-16-15(19(29)27-5-2-21(30,3-6-27)20-26-4-8-32-20)25-18-14(17(23)24)9-13(10-28(16)18)12-1-7-31-11-12;/h1,4,7-11,30H,2-3,5-6H2;. The molecule has 5 heterocycles. The van der Waals surface area contributed by atoms with Crippen LogP contribution in [0.5, 0.6) is 0 Å².